The van der Waals surface area contributed by atoms with E-state index in [1.807, 2.05) is 22.6 Å². The highest BCUT2D eigenvalue weighted by atomic mass is 127. The molecule has 0 fully saturated rings. The second kappa shape index (κ2) is 7.21. The van der Waals surface area contributed by atoms with E-state index < -0.39 is 29.0 Å². The summed E-state index contributed by atoms with van der Waals surface area (Å²) in [5.74, 6) is -1.16. The molecule has 9 heteroatoms. The van der Waals surface area contributed by atoms with Crippen LogP contribution in [0.5, 0.6) is 0 Å². The number of rotatable bonds is 6. The van der Waals surface area contributed by atoms with Crippen LogP contribution >= 0.6 is 34.2 Å². The van der Waals surface area contributed by atoms with Gasteiger partial charge in [0.25, 0.3) is 0 Å². The van der Waals surface area contributed by atoms with Crippen LogP contribution in [0.2, 0.25) is 5.02 Å². The van der Waals surface area contributed by atoms with Gasteiger partial charge < -0.3 is 5.73 Å². The summed E-state index contributed by atoms with van der Waals surface area (Å²) in [6.07, 6.45) is 0. The van der Waals surface area contributed by atoms with Crippen LogP contribution in [-0.4, -0.2) is 31.7 Å². The molecule has 0 saturated heterocycles. The summed E-state index contributed by atoms with van der Waals surface area (Å²) in [4.78, 5) is 10.9. The summed E-state index contributed by atoms with van der Waals surface area (Å²) in [5.41, 5.74) is 5.50. The van der Waals surface area contributed by atoms with Crippen LogP contribution in [0, 0.1) is 14.9 Å². The van der Waals surface area contributed by atoms with Crippen LogP contribution in [-0.2, 0) is 20.6 Å². The monoisotopic (exact) mass is 427 g/mol. The predicted molar refractivity (Wildman–Crippen MR) is 83.2 cm³/mol. The Balaban J connectivity index is 3.06. The van der Waals surface area contributed by atoms with Crippen LogP contribution in [0.3, 0.4) is 0 Å². The lowest BCUT2D eigenvalue weighted by Crippen LogP contribution is -2.39. The van der Waals surface area contributed by atoms with Gasteiger partial charge in [-0.05, 0) is 34.2 Å². The zero-order chi connectivity index (χ0) is 15.3. The second-order valence-electron chi connectivity index (χ2n) is 3.86. The number of hydrogen-bond donors (Lipinski definition) is 1. The number of carbonyl (C=O) groups is 1. The zero-order valence-electron chi connectivity index (χ0n) is 10.2. The normalized spacial score (nSPS) is 11.3. The fourth-order valence-corrected chi connectivity index (χ4v) is 3.85. The van der Waals surface area contributed by atoms with Gasteiger partial charge in [-0.15, -0.1) is 0 Å². The fraction of sp³-hybridized carbons (Fsp3) is 0.273. The molecule has 0 saturated carbocycles. The van der Waals surface area contributed by atoms with Gasteiger partial charge in [0.2, 0.25) is 15.9 Å². The molecule has 0 aliphatic rings. The Morgan fingerprint density at radius 1 is 1.50 bits per heavy atom. The van der Waals surface area contributed by atoms with Crippen molar-refractivity contribution in [2.45, 2.75) is 5.75 Å². The van der Waals surface area contributed by atoms with E-state index in [1.165, 1.54) is 0 Å². The molecule has 0 aliphatic carbocycles. The summed E-state index contributed by atoms with van der Waals surface area (Å²) in [6.45, 7) is -0.949. The summed E-state index contributed by atoms with van der Waals surface area (Å²) in [6, 6.07) is 6.61. The van der Waals surface area contributed by atoms with Crippen molar-refractivity contribution in [2.75, 3.05) is 13.1 Å². The standard InChI is InChI=1S/C11H11ClIN3O3S/c12-9-3-1-2-8(11(9)13)7-20(18,19)16(5-4-14)6-10(15)17/h1-3H,5-7H2,(H2,15,17). The van der Waals surface area contributed by atoms with Gasteiger partial charge in [-0.25, -0.2) is 8.42 Å². The van der Waals surface area contributed by atoms with Gasteiger partial charge in [0.1, 0.15) is 6.54 Å². The van der Waals surface area contributed by atoms with Crippen molar-refractivity contribution in [3.05, 3.63) is 32.4 Å². The van der Waals surface area contributed by atoms with Crippen molar-refractivity contribution in [3.63, 3.8) is 0 Å². The first-order valence-electron chi connectivity index (χ1n) is 5.34. The number of hydrogen-bond acceptors (Lipinski definition) is 4. The van der Waals surface area contributed by atoms with E-state index in [-0.39, 0.29) is 5.75 Å². The third-order valence-electron chi connectivity index (χ3n) is 2.34. The summed E-state index contributed by atoms with van der Waals surface area (Å²) in [7, 11) is -3.83. The number of carbonyl (C=O) groups excluding carboxylic acids is 1. The molecule has 20 heavy (non-hydrogen) atoms. The molecule has 1 aromatic carbocycles. The van der Waals surface area contributed by atoms with Crippen LogP contribution in [0.15, 0.2) is 18.2 Å². The molecule has 1 rings (SSSR count). The molecule has 108 valence electrons. The van der Waals surface area contributed by atoms with Gasteiger partial charge in [-0.3, -0.25) is 4.79 Å². The smallest absolute Gasteiger partial charge is 0.232 e. The second-order valence-corrected chi connectivity index (χ2v) is 7.32. The van der Waals surface area contributed by atoms with Gasteiger partial charge in [0, 0.05) is 3.57 Å². The largest absolute Gasteiger partial charge is 0.369 e. The summed E-state index contributed by atoms with van der Waals surface area (Å²) < 4.78 is 25.8. The lowest BCUT2D eigenvalue weighted by Gasteiger charge is -2.18. The Bertz CT molecular complexity index is 657. The van der Waals surface area contributed by atoms with Gasteiger partial charge in [0.05, 0.1) is 23.4 Å². The molecule has 1 aromatic rings. The highest BCUT2D eigenvalue weighted by Gasteiger charge is 2.25. The first-order valence-corrected chi connectivity index (χ1v) is 8.40. The summed E-state index contributed by atoms with van der Waals surface area (Å²) >= 11 is 7.87. The van der Waals surface area contributed by atoms with Crippen LogP contribution in [0.1, 0.15) is 5.56 Å². The number of nitrogens with two attached hydrogens (primary N) is 1. The van der Waals surface area contributed by atoms with Crippen molar-refractivity contribution in [2.24, 2.45) is 5.73 Å². The van der Waals surface area contributed by atoms with E-state index in [0.717, 1.165) is 4.31 Å². The molecule has 2 N–H and O–H groups in total. The Morgan fingerprint density at radius 2 is 2.15 bits per heavy atom. The molecule has 0 aromatic heterocycles. The van der Waals surface area contributed by atoms with Crippen molar-refractivity contribution in [3.8, 4) is 6.07 Å². The molecule has 0 bridgehead atoms. The SMILES string of the molecule is N#CCN(CC(N)=O)S(=O)(=O)Cc1cccc(Cl)c1I. The molecular formula is C11H11ClIN3O3S. The van der Waals surface area contributed by atoms with Gasteiger partial charge >= 0.3 is 0 Å². The van der Waals surface area contributed by atoms with Crippen molar-refractivity contribution in [1.82, 2.24) is 4.31 Å². The van der Waals surface area contributed by atoms with Crippen molar-refractivity contribution in [1.29, 1.82) is 5.26 Å². The summed E-state index contributed by atoms with van der Waals surface area (Å²) in [5, 5.41) is 9.09. The van der Waals surface area contributed by atoms with Crippen molar-refractivity contribution < 1.29 is 13.2 Å². The Morgan fingerprint density at radius 3 is 2.70 bits per heavy atom. The third kappa shape index (κ3) is 4.59. The highest BCUT2D eigenvalue weighted by Crippen LogP contribution is 2.24. The molecule has 0 spiro atoms. The van der Waals surface area contributed by atoms with E-state index in [2.05, 4.69) is 0 Å². The lowest BCUT2D eigenvalue weighted by molar-refractivity contribution is -0.118. The average Bonchev–Trinajstić information content (AvgIpc) is 2.34. The topological polar surface area (TPSA) is 104 Å². The Hall–Kier alpha value is -0.890. The molecule has 0 radical (unpaired) electrons. The first kappa shape index (κ1) is 17.2. The molecule has 0 atom stereocenters. The van der Waals surface area contributed by atoms with E-state index >= 15 is 0 Å². The fourth-order valence-electron chi connectivity index (χ4n) is 1.45. The number of sulfonamides is 1. The van der Waals surface area contributed by atoms with Crippen LogP contribution in [0.4, 0.5) is 0 Å². The van der Waals surface area contributed by atoms with E-state index in [0.29, 0.717) is 14.2 Å². The molecule has 0 unspecified atom stereocenters. The molecule has 0 aliphatic heterocycles. The van der Waals surface area contributed by atoms with Crippen molar-refractivity contribution >= 4 is 50.1 Å². The highest BCUT2D eigenvalue weighted by molar-refractivity contribution is 14.1. The molecular weight excluding hydrogens is 417 g/mol. The van der Waals surface area contributed by atoms with E-state index in [9.17, 15) is 13.2 Å². The number of nitriles is 1. The number of primary amides is 1. The maximum Gasteiger partial charge on any atom is 0.232 e. The molecule has 0 heterocycles. The molecule has 1 amide bonds. The van der Waals surface area contributed by atoms with E-state index in [1.54, 1.807) is 24.3 Å². The maximum atomic E-state index is 12.2. The minimum atomic E-state index is -3.83. The minimum Gasteiger partial charge on any atom is -0.369 e. The number of nitrogens with zero attached hydrogens (tertiary/aromatic N) is 2. The van der Waals surface area contributed by atoms with Crippen LogP contribution in [0.25, 0.3) is 0 Å². The predicted octanol–water partition coefficient (Wildman–Crippen LogP) is 1.09. The average molecular weight is 428 g/mol. The first-order chi connectivity index (χ1) is 9.27. The molecule has 6 nitrogen and oxygen atoms in total. The number of amides is 1. The lowest BCUT2D eigenvalue weighted by atomic mass is 10.2. The number of benzene rings is 1. The van der Waals surface area contributed by atoms with Gasteiger partial charge in [-0.1, -0.05) is 23.7 Å². The third-order valence-corrected chi connectivity index (χ3v) is 5.97. The maximum absolute atomic E-state index is 12.2. The zero-order valence-corrected chi connectivity index (χ0v) is 13.9. The Labute approximate surface area is 135 Å². The van der Waals surface area contributed by atoms with E-state index in [4.69, 9.17) is 22.6 Å². The van der Waals surface area contributed by atoms with Gasteiger partial charge in [0.15, 0.2) is 0 Å². The quantitative estimate of drug-likeness (QED) is 0.542. The Kier molecular flexibility index (Phi) is 6.19. The van der Waals surface area contributed by atoms with Crippen LogP contribution < -0.4 is 5.73 Å². The number of halogens is 2. The minimum absolute atomic E-state index is 0.346. The van der Waals surface area contributed by atoms with Gasteiger partial charge in [-0.2, -0.15) is 9.57 Å².